The van der Waals surface area contributed by atoms with Gasteiger partial charge in [-0.3, -0.25) is 14.6 Å². The summed E-state index contributed by atoms with van der Waals surface area (Å²) in [6.07, 6.45) is 3.64. The lowest BCUT2D eigenvalue weighted by Gasteiger charge is -2.34. The van der Waals surface area contributed by atoms with Crippen LogP contribution in [0, 0.1) is 0 Å². The minimum absolute atomic E-state index is 0.0528. The number of benzene rings is 1. The number of pyridine rings is 1. The number of carbonyl (C=O) groups excluding carboxylic acids is 2. The zero-order chi connectivity index (χ0) is 18.1. The van der Waals surface area contributed by atoms with Gasteiger partial charge < -0.3 is 14.7 Å². The summed E-state index contributed by atoms with van der Waals surface area (Å²) in [6.45, 7) is 3.26. The second-order valence-electron chi connectivity index (χ2n) is 6.87. The van der Waals surface area contributed by atoms with Crippen molar-refractivity contribution in [1.29, 1.82) is 0 Å². The molecular weight excluding hydrogens is 328 g/mol. The smallest absolute Gasteiger partial charge is 0.259 e. The number of anilines is 1. The molecule has 0 saturated carbocycles. The quantitative estimate of drug-likeness (QED) is 0.849. The van der Waals surface area contributed by atoms with E-state index in [1.807, 2.05) is 41.3 Å². The van der Waals surface area contributed by atoms with Crippen LogP contribution in [0.1, 0.15) is 28.4 Å². The van der Waals surface area contributed by atoms with Crippen molar-refractivity contribution in [3.05, 3.63) is 59.9 Å². The molecule has 2 aliphatic rings. The van der Waals surface area contributed by atoms with E-state index in [9.17, 15) is 9.59 Å². The fraction of sp³-hybridized carbons (Fsp3) is 0.350. The molecule has 0 N–H and O–H groups in total. The standard InChI is InChI=1S/C20H22N4O2/c1-22-10-12-23(13-11-22)19(25)14-18-16-4-2-3-5-17(16)20(26)24(18)15-6-8-21-9-7-15/h2-9,18H,10-14H2,1H3. The maximum atomic E-state index is 13.0. The van der Waals surface area contributed by atoms with Crippen molar-refractivity contribution in [3.63, 3.8) is 0 Å². The Kier molecular flexibility index (Phi) is 4.42. The molecular formula is C20H22N4O2. The highest BCUT2D eigenvalue weighted by molar-refractivity contribution is 6.11. The van der Waals surface area contributed by atoms with Crippen molar-refractivity contribution in [1.82, 2.24) is 14.8 Å². The molecule has 0 aliphatic carbocycles. The molecule has 4 rings (SSSR count). The first-order valence-corrected chi connectivity index (χ1v) is 8.94. The molecule has 0 radical (unpaired) electrons. The third kappa shape index (κ3) is 2.97. The molecule has 26 heavy (non-hydrogen) atoms. The third-order valence-corrected chi connectivity index (χ3v) is 5.25. The number of likely N-dealkylation sites (N-methyl/N-ethyl adjacent to an activating group) is 1. The van der Waals surface area contributed by atoms with E-state index in [2.05, 4.69) is 16.9 Å². The largest absolute Gasteiger partial charge is 0.340 e. The molecule has 1 atom stereocenters. The Bertz CT molecular complexity index is 816. The molecule has 1 aromatic heterocycles. The van der Waals surface area contributed by atoms with Crippen molar-refractivity contribution < 1.29 is 9.59 Å². The summed E-state index contributed by atoms with van der Waals surface area (Å²) in [6, 6.07) is 11.0. The normalized spacial score (nSPS) is 20.3. The van der Waals surface area contributed by atoms with E-state index in [4.69, 9.17) is 0 Å². The molecule has 1 fully saturated rings. The number of hydrogen-bond acceptors (Lipinski definition) is 4. The third-order valence-electron chi connectivity index (χ3n) is 5.25. The van der Waals surface area contributed by atoms with Gasteiger partial charge in [-0.25, -0.2) is 0 Å². The number of fused-ring (bicyclic) bond motifs is 1. The molecule has 0 spiro atoms. The lowest BCUT2D eigenvalue weighted by Crippen LogP contribution is -2.47. The van der Waals surface area contributed by atoms with E-state index in [0.29, 0.717) is 12.0 Å². The van der Waals surface area contributed by atoms with Crippen molar-refractivity contribution in [2.75, 3.05) is 38.1 Å². The first-order chi connectivity index (χ1) is 12.6. The van der Waals surface area contributed by atoms with Gasteiger partial charge in [0.1, 0.15) is 0 Å². The molecule has 6 heteroatoms. The summed E-state index contributed by atoms with van der Waals surface area (Å²) in [5.74, 6) is 0.0506. The van der Waals surface area contributed by atoms with Gasteiger partial charge >= 0.3 is 0 Å². The highest BCUT2D eigenvalue weighted by atomic mass is 16.2. The second-order valence-corrected chi connectivity index (χ2v) is 6.87. The minimum atomic E-state index is -0.270. The van der Waals surface area contributed by atoms with Gasteiger partial charge in [0, 0.05) is 49.8 Å². The van der Waals surface area contributed by atoms with Crippen molar-refractivity contribution in [3.8, 4) is 0 Å². The molecule has 134 valence electrons. The highest BCUT2D eigenvalue weighted by Gasteiger charge is 2.39. The molecule has 2 amide bonds. The topological polar surface area (TPSA) is 56.8 Å². The molecule has 2 aliphatic heterocycles. The highest BCUT2D eigenvalue weighted by Crippen LogP contribution is 2.39. The number of rotatable bonds is 3. The lowest BCUT2D eigenvalue weighted by molar-refractivity contribution is -0.133. The minimum Gasteiger partial charge on any atom is -0.340 e. The molecule has 1 saturated heterocycles. The molecule has 1 unspecified atom stereocenters. The molecule has 2 aromatic rings. The first-order valence-electron chi connectivity index (χ1n) is 8.94. The predicted octanol–water partition coefficient (Wildman–Crippen LogP) is 1.95. The maximum Gasteiger partial charge on any atom is 0.259 e. The summed E-state index contributed by atoms with van der Waals surface area (Å²) in [7, 11) is 2.07. The number of hydrogen-bond donors (Lipinski definition) is 0. The van der Waals surface area contributed by atoms with Crippen LogP contribution >= 0.6 is 0 Å². The zero-order valence-electron chi connectivity index (χ0n) is 14.8. The van der Waals surface area contributed by atoms with E-state index in [1.165, 1.54) is 0 Å². The summed E-state index contributed by atoms with van der Waals surface area (Å²) >= 11 is 0. The van der Waals surface area contributed by atoms with E-state index in [0.717, 1.165) is 37.4 Å². The number of carbonyl (C=O) groups is 2. The van der Waals surface area contributed by atoms with Gasteiger partial charge in [0.2, 0.25) is 5.91 Å². The Labute approximate surface area is 153 Å². The van der Waals surface area contributed by atoms with E-state index >= 15 is 0 Å². The van der Waals surface area contributed by atoms with Gasteiger partial charge in [-0.1, -0.05) is 18.2 Å². The van der Waals surface area contributed by atoms with E-state index < -0.39 is 0 Å². The van der Waals surface area contributed by atoms with Crippen molar-refractivity contribution in [2.24, 2.45) is 0 Å². The molecule has 1 aromatic carbocycles. The van der Waals surface area contributed by atoms with Crippen LogP contribution in [0.5, 0.6) is 0 Å². The number of aromatic nitrogens is 1. The maximum absolute atomic E-state index is 13.0. The van der Waals surface area contributed by atoms with Crippen molar-refractivity contribution in [2.45, 2.75) is 12.5 Å². The summed E-state index contributed by atoms with van der Waals surface area (Å²) < 4.78 is 0. The number of piperazine rings is 1. The Balaban J connectivity index is 1.63. The average molecular weight is 350 g/mol. The average Bonchev–Trinajstić information content (AvgIpc) is 2.95. The van der Waals surface area contributed by atoms with Crippen LogP contribution in [-0.2, 0) is 4.79 Å². The molecule has 3 heterocycles. The van der Waals surface area contributed by atoms with Crippen LogP contribution in [0.25, 0.3) is 0 Å². The van der Waals surface area contributed by atoms with Gasteiger partial charge in [-0.15, -0.1) is 0 Å². The fourth-order valence-corrected chi connectivity index (χ4v) is 3.75. The predicted molar refractivity (Wildman–Crippen MR) is 98.9 cm³/mol. The fourth-order valence-electron chi connectivity index (χ4n) is 3.75. The molecule has 0 bridgehead atoms. The van der Waals surface area contributed by atoms with Gasteiger partial charge in [-0.2, -0.15) is 0 Å². The Hall–Kier alpha value is -2.73. The molecule has 6 nitrogen and oxygen atoms in total. The summed E-state index contributed by atoms with van der Waals surface area (Å²) in [5.41, 5.74) is 2.38. The lowest BCUT2D eigenvalue weighted by atomic mass is 10.0. The van der Waals surface area contributed by atoms with Crippen LogP contribution in [0.3, 0.4) is 0 Å². The SMILES string of the molecule is CN1CCN(C(=O)CC2c3ccccc3C(=O)N2c2ccncc2)CC1. The van der Waals surface area contributed by atoms with Gasteiger partial charge in [0.25, 0.3) is 5.91 Å². The van der Waals surface area contributed by atoms with Crippen molar-refractivity contribution >= 4 is 17.5 Å². The van der Waals surface area contributed by atoms with Gasteiger partial charge in [0.05, 0.1) is 12.5 Å². The Morgan fingerprint density at radius 1 is 1.08 bits per heavy atom. The first kappa shape index (κ1) is 16.7. The van der Waals surface area contributed by atoms with Crippen LogP contribution in [0.15, 0.2) is 48.8 Å². The number of amides is 2. The van der Waals surface area contributed by atoms with Crippen LogP contribution < -0.4 is 4.90 Å². The van der Waals surface area contributed by atoms with Crippen LogP contribution in [0.4, 0.5) is 5.69 Å². The Morgan fingerprint density at radius 2 is 1.77 bits per heavy atom. The van der Waals surface area contributed by atoms with Crippen LogP contribution in [0.2, 0.25) is 0 Å². The van der Waals surface area contributed by atoms with E-state index in [1.54, 1.807) is 17.3 Å². The van der Waals surface area contributed by atoms with E-state index in [-0.39, 0.29) is 17.9 Å². The van der Waals surface area contributed by atoms with Crippen LogP contribution in [-0.4, -0.2) is 59.8 Å². The van der Waals surface area contributed by atoms with Gasteiger partial charge in [0.15, 0.2) is 0 Å². The zero-order valence-corrected chi connectivity index (χ0v) is 14.8. The van der Waals surface area contributed by atoms with Gasteiger partial charge in [-0.05, 0) is 30.8 Å². The summed E-state index contributed by atoms with van der Waals surface area (Å²) in [4.78, 5) is 35.8. The Morgan fingerprint density at radius 3 is 2.50 bits per heavy atom. The second kappa shape index (κ2) is 6.88. The summed E-state index contributed by atoms with van der Waals surface area (Å²) in [5, 5.41) is 0. The number of nitrogens with zero attached hydrogens (tertiary/aromatic N) is 4. The monoisotopic (exact) mass is 350 g/mol.